The number of rotatable bonds is 13. The highest BCUT2D eigenvalue weighted by molar-refractivity contribution is 5.77. The molecule has 0 aromatic carbocycles. The molecule has 7 nitrogen and oxygen atoms in total. The summed E-state index contributed by atoms with van der Waals surface area (Å²) in [7, 11) is 1.82. The lowest BCUT2D eigenvalue weighted by Gasteiger charge is -2.07. The number of carbonyl (C=O) groups is 2. The summed E-state index contributed by atoms with van der Waals surface area (Å²) in [5.41, 5.74) is 0. The third-order valence-electron chi connectivity index (χ3n) is 1.98. The molecule has 0 saturated carbocycles. The van der Waals surface area contributed by atoms with Gasteiger partial charge in [0.2, 0.25) is 5.91 Å². The predicted molar refractivity (Wildman–Crippen MR) is 70.1 cm³/mol. The molecule has 0 radical (unpaired) electrons. The first-order valence-electron chi connectivity index (χ1n) is 6.30. The van der Waals surface area contributed by atoms with Crippen molar-refractivity contribution in [1.29, 1.82) is 0 Å². The van der Waals surface area contributed by atoms with Gasteiger partial charge in [-0.3, -0.25) is 9.59 Å². The summed E-state index contributed by atoms with van der Waals surface area (Å²) in [6, 6.07) is 0. The Balaban J connectivity index is 3.13. The van der Waals surface area contributed by atoms with Crippen LogP contribution >= 0.6 is 0 Å². The molecule has 0 unspecified atom stereocenters. The van der Waals surface area contributed by atoms with Crippen molar-refractivity contribution in [2.24, 2.45) is 0 Å². The number of ether oxygens (including phenoxy) is 3. The van der Waals surface area contributed by atoms with Gasteiger partial charge in [-0.1, -0.05) is 0 Å². The van der Waals surface area contributed by atoms with Gasteiger partial charge in [0.1, 0.15) is 13.2 Å². The lowest BCUT2D eigenvalue weighted by Crippen LogP contribution is -2.33. The van der Waals surface area contributed by atoms with Crippen LogP contribution in [0.15, 0.2) is 0 Å². The van der Waals surface area contributed by atoms with Crippen LogP contribution in [0.25, 0.3) is 0 Å². The zero-order valence-electron chi connectivity index (χ0n) is 11.7. The molecule has 19 heavy (non-hydrogen) atoms. The van der Waals surface area contributed by atoms with E-state index in [-0.39, 0.29) is 24.9 Å². The minimum absolute atomic E-state index is 0.00683. The van der Waals surface area contributed by atoms with E-state index in [0.29, 0.717) is 33.0 Å². The van der Waals surface area contributed by atoms with Crippen LogP contribution in [0.3, 0.4) is 0 Å². The Hall–Kier alpha value is -1.02. The second-order valence-corrected chi connectivity index (χ2v) is 3.87. The summed E-state index contributed by atoms with van der Waals surface area (Å²) in [5.74, 6) is -0.146. The summed E-state index contributed by atoms with van der Waals surface area (Å²) in [4.78, 5) is 21.7. The Bertz CT molecular complexity index is 248. The van der Waals surface area contributed by atoms with Gasteiger partial charge in [-0.25, -0.2) is 0 Å². The first-order chi connectivity index (χ1) is 9.16. The topological polar surface area (TPSA) is 85.9 Å². The number of ketones is 1. The molecule has 0 spiro atoms. The van der Waals surface area contributed by atoms with Crippen LogP contribution in [0.1, 0.15) is 6.92 Å². The largest absolute Gasteiger partial charge is 0.377 e. The zero-order chi connectivity index (χ0) is 14.3. The minimum atomic E-state index is -0.139. The van der Waals surface area contributed by atoms with E-state index in [1.165, 1.54) is 6.92 Å². The predicted octanol–water partition coefficient (Wildman–Crippen LogP) is -1.04. The van der Waals surface area contributed by atoms with Gasteiger partial charge < -0.3 is 24.8 Å². The van der Waals surface area contributed by atoms with Crippen molar-refractivity contribution in [3.05, 3.63) is 0 Å². The molecule has 0 heterocycles. The van der Waals surface area contributed by atoms with Gasteiger partial charge in [0.05, 0.1) is 26.4 Å². The van der Waals surface area contributed by atoms with Crippen molar-refractivity contribution in [2.45, 2.75) is 6.92 Å². The SMILES string of the molecule is CNCCNC(=O)COCCOCCOCC(C)=O. The molecule has 0 bridgehead atoms. The second kappa shape index (κ2) is 13.4. The Morgan fingerprint density at radius 1 is 0.895 bits per heavy atom. The average molecular weight is 276 g/mol. The van der Waals surface area contributed by atoms with E-state index in [1.807, 2.05) is 7.05 Å². The molecule has 2 N–H and O–H groups in total. The Morgan fingerprint density at radius 3 is 2.05 bits per heavy atom. The monoisotopic (exact) mass is 276 g/mol. The fraction of sp³-hybridized carbons (Fsp3) is 0.833. The molecule has 0 fully saturated rings. The number of amides is 1. The molecule has 7 heteroatoms. The summed E-state index contributed by atoms with van der Waals surface area (Å²) in [5, 5.41) is 5.62. The van der Waals surface area contributed by atoms with Crippen LogP contribution in [0.2, 0.25) is 0 Å². The van der Waals surface area contributed by atoms with Gasteiger partial charge in [-0.05, 0) is 14.0 Å². The smallest absolute Gasteiger partial charge is 0.246 e. The fourth-order valence-electron chi connectivity index (χ4n) is 1.10. The van der Waals surface area contributed by atoms with Gasteiger partial charge in [0, 0.05) is 13.1 Å². The maximum Gasteiger partial charge on any atom is 0.246 e. The molecule has 0 aliphatic rings. The maximum absolute atomic E-state index is 11.2. The van der Waals surface area contributed by atoms with Gasteiger partial charge in [-0.15, -0.1) is 0 Å². The van der Waals surface area contributed by atoms with Gasteiger partial charge in [0.15, 0.2) is 5.78 Å². The van der Waals surface area contributed by atoms with Gasteiger partial charge in [0.25, 0.3) is 0 Å². The van der Waals surface area contributed by atoms with Crippen LogP contribution < -0.4 is 10.6 Å². The van der Waals surface area contributed by atoms with Crippen molar-refractivity contribution < 1.29 is 23.8 Å². The third-order valence-corrected chi connectivity index (χ3v) is 1.98. The highest BCUT2D eigenvalue weighted by atomic mass is 16.5. The Morgan fingerprint density at radius 2 is 1.47 bits per heavy atom. The van der Waals surface area contributed by atoms with Crippen LogP contribution in [0.4, 0.5) is 0 Å². The molecule has 0 aliphatic heterocycles. The van der Waals surface area contributed by atoms with Crippen molar-refractivity contribution in [2.75, 3.05) is 59.8 Å². The quantitative estimate of drug-likeness (QED) is 0.418. The molecule has 112 valence electrons. The molecule has 0 aromatic rings. The Kier molecular flexibility index (Phi) is 12.7. The summed E-state index contributed by atoms with van der Waals surface area (Å²) >= 11 is 0. The number of nitrogens with one attached hydrogen (secondary N) is 2. The van der Waals surface area contributed by atoms with E-state index in [0.717, 1.165) is 6.54 Å². The second-order valence-electron chi connectivity index (χ2n) is 3.87. The van der Waals surface area contributed by atoms with E-state index in [9.17, 15) is 9.59 Å². The standard InChI is InChI=1S/C12H24N2O5/c1-11(15)9-18-7-5-17-6-8-19-10-12(16)14-4-3-13-2/h13H,3-10H2,1-2H3,(H,14,16). The molecule has 0 atom stereocenters. The van der Waals surface area contributed by atoms with Crippen molar-refractivity contribution in [3.8, 4) is 0 Å². The van der Waals surface area contributed by atoms with E-state index in [2.05, 4.69) is 10.6 Å². The molecule has 0 saturated heterocycles. The number of hydrogen-bond acceptors (Lipinski definition) is 6. The normalized spacial score (nSPS) is 10.4. The molecular weight excluding hydrogens is 252 g/mol. The summed E-state index contributed by atoms with van der Waals surface area (Å²) in [6.45, 7) is 4.48. The van der Waals surface area contributed by atoms with Gasteiger partial charge in [-0.2, -0.15) is 0 Å². The molecule has 0 rings (SSSR count). The maximum atomic E-state index is 11.2. The highest BCUT2D eigenvalue weighted by Gasteiger charge is 1.99. The first-order valence-corrected chi connectivity index (χ1v) is 6.30. The summed E-state index contributed by atoms with van der Waals surface area (Å²) < 4.78 is 15.3. The molecule has 0 aromatic heterocycles. The third kappa shape index (κ3) is 14.9. The summed E-state index contributed by atoms with van der Waals surface area (Å²) in [6.07, 6.45) is 0. The van der Waals surface area contributed by atoms with Crippen molar-refractivity contribution in [3.63, 3.8) is 0 Å². The number of likely N-dealkylation sites (N-methyl/N-ethyl adjacent to an activating group) is 1. The molecule has 0 aliphatic carbocycles. The van der Waals surface area contributed by atoms with Crippen molar-refractivity contribution in [1.82, 2.24) is 10.6 Å². The number of hydrogen-bond donors (Lipinski definition) is 2. The zero-order valence-corrected chi connectivity index (χ0v) is 11.7. The number of carbonyl (C=O) groups excluding carboxylic acids is 2. The van der Waals surface area contributed by atoms with E-state index in [1.54, 1.807) is 0 Å². The van der Waals surface area contributed by atoms with Crippen LogP contribution in [-0.2, 0) is 23.8 Å². The highest BCUT2D eigenvalue weighted by Crippen LogP contribution is 1.82. The van der Waals surface area contributed by atoms with Crippen LogP contribution in [0.5, 0.6) is 0 Å². The van der Waals surface area contributed by atoms with Crippen molar-refractivity contribution >= 4 is 11.7 Å². The number of Topliss-reactive ketones (excluding diaryl/α,β-unsaturated/α-hetero) is 1. The first kappa shape index (κ1) is 18.0. The van der Waals surface area contributed by atoms with E-state index >= 15 is 0 Å². The Labute approximate surface area is 114 Å². The van der Waals surface area contributed by atoms with E-state index in [4.69, 9.17) is 14.2 Å². The molecule has 1 amide bonds. The van der Waals surface area contributed by atoms with Crippen LogP contribution in [0, 0.1) is 0 Å². The lowest BCUT2D eigenvalue weighted by molar-refractivity contribution is -0.126. The van der Waals surface area contributed by atoms with Crippen LogP contribution in [-0.4, -0.2) is 71.5 Å². The lowest BCUT2D eigenvalue weighted by atomic mass is 10.5. The molecular formula is C12H24N2O5. The minimum Gasteiger partial charge on any atom is -0.377 e. The fourth-order valence-corrected chi connectivity index (χ4v) is 1.10. The average Bonchev–Trinajstić information content (AvgIpc) is 2.36. The van der Waals surface area contributed by atoms with E-state index < -0.39 is 0 Å². The van der Waals surface area contributed by atoms with Gasteiger partial charge >= 0.3 is 0 Å².